The van der Waals surface area contributed by atoms with Crippen molar-refractivity contribution in [2.75, 3.05) is 17.2 Å². The molecule has 2 aromatic heterocycles. The van der Waals surface area contributed by atoms with Crippen molar-refractivity contribution in [1.82, 2.24) is 25.3 Å². The van der Waals surface area contributed by atoms with Gasteiger partial charge in [0.1, 0.15) is 11.3 Å². The van der Waals surface area contributed by atoms with Gasteiger partial charge in [0.2, 0.25) is 5.95 Å². The minimum atomic E-state index is -0.341. The van der Waals surface area contributed by atoms with Crippen LogP contribution in [0, 0.1) is 12.7 Å². The molecule has 0 spiro atoms. The minimum Gasteiger partial charge on any atom is -0.338 e. The van der Waals surface area contributed by atoms with Crippen molar-refractivity contribution in [3.8, 4) is 0 Å². The molecule has 0 aliphatic rings. The lowest BCUT2D eigenvalue weighted by molar-refractivity contribution is 0.252. The average molecular weight is 369 g/mol. The van der Waals surface area contributed by atoms with E-state index in [-0.39, 0.29) is 11.8 Å². The van der Waals surface area contributed by atoms with E-state index in [9.17, 15) is 9.18 Å². The zero-order valence-electron chi connectivity index (χ0n) is 15.1. The highest BCUT2D eigenvalue weighted by Crippen LogP contribution is 2.18. The molecule has 2 heterocycles. The number of unbranched alkanes of at least 4 members (excludes halogenated alkanes) is 1. The van der Waals surface area contributed by atoms with Gasteiger partial charge in [-0.2, -0.15) is 4.98 Å². The van der Waals surface area contributed by atoms with Crippen LogP contribution in [0.5, 0.6) is 0 Å². The molecule has 0 saturated carbocycles. The largest absolute Gasteiger partial charge is 0.338 e. The minimum absolute atomic E-state index is 0.279. The molecule has 1 aromatic carbocycles. The normalized spacial score (nSPS) is 10.6. The lowest BCUT2D eigenvalue weighted by Gasteiger charge is -2.08. The molecule has 0 atom stereocenters. The number of fused-ring (bicyclic) bond motifs is 1. The number of hydrogen-bond acceptors (Lipinski definition) is 6. The zero-order chi connectivity index (χ0) is 19.2. The summed E-state index contributed by atoms with van der Waals surface area (Å²) in [6.07, 6.45) is 4.87. The molecule has 3 aromatic rings. The number of urea groups is 1. The van der Waals surface area contributed by atoms with Crippen LogP contribution in [0.15, 0.2) is 30.6 Å². The van der Waals surface area contributed by atoms with Gasteiger partial charge in [-0.15, -0.1) is 0 Å². The third-order valence-corrected chi connectivity index (χ3v) is 3.77. The Morgan fingerprint density at radius 2 is 2.04 bits per heavy atom. The monoisotopic (exact) mass is 369 g/mol. The van der Waals surface area contributed by atoms with Crippen molar-refractivity contribution in [3.05, 3.63) is 42.0 Å². The Balaban J connectivity index is 1.75. The molecular weight excluding hydrogens is 349 g/mol. The smallest absolute Gasteiger partial charge is 0.320 e. The maximum atomic E-state index is 13.4. The molecule has 140 valence electrons. The topological polar surface area (TPSA) is 105 Å². The molecule has 9 heteroatoms. The Bertz CT molecular complexity index is 964. The van der Waals surface area contributed by atoms with E-state index >= 15 is 0 Å². The molecule has 0 saturated heterocycles. The summed E-state index contributed by atoms with van der Waals surface area (Å²) in [5.41, 5.74) is 2.00. The van der Waals surface area contributed by atoms with E-state index in [2.05, 4.69) is 35.9 Å². The number of nitrogens with one attached hydrogen (secondary N) is 3. The zero-order valence-corrected chi connectivity index (χ0v) is 15.1. The number of benzene rings is 1. The van der Waals surface area contributed by atoms with E-state index in [1.54, 1.807) is 19.1 Å². The highest BCUT2D eigenvalue weighted by molar-refractivity contribution is 5.88. The Morgan fingerprint density at radius 1 is 1.19 bits per heavy atom. The molecule has 27 heavy (non-hydrogen) atoms. The number of nitrogens with zero attached hydrogens (tertiary/aromatic N) is 4. The number of aromatic nitrogens is 4. The molecule has 0 radical (unpaired) electrons. The number of amides is 2. The van der Waals surface area contributed by atoms with Crippen molar-refractivity contribution in [3.63, 3.8) is 0 Å². The Labute approximate surface area is 155 Å². The molecule has 0 bridgehead atoms. The van der Waals surface area contributed by atoms with Crippen LogP contribution >= 0.6 is 0 Å². The molecule has 0 unspecified atom stereocenters. The second kappa shape index (κ2) is 8.35. The van der Waals surface area contributed by atoms with Crippen LogP contribution in [-0.2, 0) is 0 Å². The molecular formula is C18H20FN7O. The van der Waals surface area contributed by atoms with E-state index in [0.717, 1.165) is 12.8 Å². The summed E-state index contributed by atoms with van der Waals surface area (Å²) >= 11 is 0. The predicted octanol–water partition coefficient (Wildman–Crippen LogP) is 3.53. The quantitative estimate of drug-likeness (QED) is 0.574. The number of hydrogen-bond donors (Lipinski definition) is 3. The number of rotatable bonds is 6. The summed E-state index contributed by atoms with van der Waals surface area (Å²) in [7, 11) is 0. The second-order valence-electron chi connectivity index (χ2n) is 5.98. The van der Waals surface area contributed by atoms with Crippen LogP contribution < -0.4 is 16.0 Å². The first kappa shape index (κ1) is 18.4. The van der Waals surface area contributed by atoms with Crippen LogP contribution in [-0.4, -0.2) is 32.5 Å². The fraction of sp³-hybridized carbons (Fsp3) is 0.278. The van der Waals surface area contributed by atoms with Gasteiger partial charge in [-0.25, -0.2) is 24.1 Å². The first-order valence-electron chi connectivity index (χ1n) is 8.63. The van der Waals surface area contributed by atoms with E-state index < -0.39 is 0 Å². The summed E-state index contributed by atoms with van der Waals surface area (Å²) in [5.74, 6) is 0.310. The summed E-state index contributed by atoms with van der Waals surface area (Å²) < 4.78 is 13.4. The van der Waals surface area contributed by atoms with Crippen LogP contribution in [0.3, 0.4) is 0 Å². The Morgan fingerprint density at radius 3 is 2.81 bits per heavy atom. The van der Waals surface area contributed by atoms with E-state index in [1.165, 1.54) is 18.5 Å². The SMILES string of the molecule is CCCCNC(=O)Nc1cnc2cnc(Nc3ccc(F)c(C)c3)nc2n1. The summed E-state index contributed by atoms with van der Waals surface area (Å²) in [6.45, 7) is 4.32. The summed E-state index contributed by atoms with van der Waals surface area (Å²) in [6, 6.07) is 4.29. The van der Waals surface area contributed by atoms with Crippen LogP contribution in [0.1, 0.15) is 25.3 Å². The Kier molecular flexibility index (Phi) is 5.70. The standard InChI is InChI=1S/C18H20FN7O/c1-3-4-7-20-18(27)25-15-10-21-14-9-22-17(26-16(14)24-15)23-12-5-6-13(19)11(2)8-12/h5-6,8-10H,3-4,7H2,1-2H3,(H3,20,22,23,24,25,26,27). The third-order valence-electron chi connectivity index (χ3n) is 3.77. The average Bonchev–Trinajstić information content (AvgIpc) is 2.65. The van der Waals surface area contributed by atoms with Gasteiger partial charge in [0.05, 0.1) is 12.4 Å². The summed E-state index contributed by atoms with van der Waals surface area (Å²) in [5, 5.41) is 8.37. The number of anilines is 3. The molecule has 0 fully saturated rings. The van der Waals surface area contributed by atoms with E-state index in [1.807, 2.05) is 6.92 Å². The maximum absolute atomic E-state index is 13.4. The fourth-order valence-electron chi connectivity index (χ4n) is 2.32. The molecule has 8 nitrogen and oxygen atoms in total. The van der Waals surface area contributed by atoms with Crippen molar-refractivity contribution in [2.45, 2.75) is 26.7 Å². The number of halogens is 1. The van der Waals surface area contributed by atoms with Gasteiger partial charge >= 0.3 is 6.03 Å². The molecule has 0 aliphatic carbocycles. The first-order valence-corrected chi connectivity index (χ1v) is 8.63. The predicted molar refractivity (Wildman–Crippen MR) is 101 cm³/mol. The van der Waals surface area contributed by atoms with Gasteiger partial charge in [-0.05, 0) is 37.1 Å². The van der Waals surface area contributed by atoms with Gasteiger partial charge in [0.15, 0.2) is 11.5 Å². The maximum Gasteiger partial charge on any atom is 0.320 e. The lowest BCUT2D eigenvalue weighted by Crippen LogP contribution is -2.29. The highest BCUT2D eigenvalue weighted by atomic mass is 19.1. The van der Waals surface area contributed by atoms with Crippen LogP contribution in [0.4, 0.5) is 26.6 Å². The highest BCUT2D eigenvalue weighted by Gasteiger charge is 2.08. The van der Waals surface area contributed by atoms with Crippen molar-refractivity contribution < 1.29 is 9.18 Å². The van der Waals surface area contributed by atoms with Crippen molar-refractivity contribution in [2.24, 2.45) is 0 Å². The number of carbonyl (C=O) groups is 1. The lowest BCUT2D eigenvalue weighted by atomic mass is 10.2. The van der Waals surface area contributed by atoms with Crippen LogP contribution in [0.25, 0.3) is 11.2 Å². The second-order valence-corrected chi connectivity index (χ2v) is 5.98. The van der Waals surface area contributed by atoms with Crippen molar-refractivity contribution in [1.29, 1.82) is 0 Å². The van der Waals surface area contributed by atoms with Gasteiger partial charge in [-0.1, -0.05) is 13.3 Å². The van der Waals surface area contributed by atoms with Gasteiger partial charge in [-0.3, -0.25) is 5.32 Å². The van der Waals surface area contributed by atoms with E-state index in [4.69, 9.17) is 0 Å². The molecule has 3 N–H and O–H groups in total. The summed E-state index contributed by atoms with van der Waals surface area (Å²) in [4.78, 5) is 28.8. The van der Waals surface area contributed by atoms with Gasteiger partial charge in [0, 0.05) is 12.2 Å². The first-order chi connectivity index (χ1) is 13.0. The van der Waals surface area contributed by atoms with Gasteiger partial charge < -0.3 is 10.6 Å². The molecule has 2 amide bonds. The Hall–Kier alpha value is -3.36. The number of aryl methyl sites for hydroxylation is 1. The van der Waals surface area contributed by atoms with Crippen molar-refractivity contribution >= 4 is 34.6 Å². The molecule has 3 rings (SSSR count). The molecule has 0 aliphatic heterocycles. The van der Waals surface area contributed by atoms with Gasteiger partial charge in [0.25, 0.3) is 0 Å². The fourth-order valence-corrected chi connectivity index (χ4v) is 2.32. The number of carbonyl (C=O) groups excluding carboxylic acids is 1. The third kappa shape index (κ3) is 4.84. The van der Waals surface area contributed by atoms with E-state index in [0.29, 0.717) is 40.7 Å². The van der Waals surface area contributed by atoms with Crippen LogP contribution in [0.2, 0.25) is 0 Å².